The van der Waals surface area contributed by atoms with E-state index in [0.717, 1.165) is 12.1 Å². The molecule has 102 valence electrons. The summed E-state index contributed by atoms with van der Waals surface area (Å²) in [5, 5.41) is 3.53. The van der Waals surface area contributed by atoms with Crippen LogP contribution in [0.15, 0.2) is 18.2 Å². The lowest BCUT2D eigenvalue weighted by atomic mass is 10.0. The molecule has 0 saturated carbocycles. The van der Waals surface area contributed by atoms with Gasteiger partial charge >= 0.3 is 0 Å². The van der Waals surface area contributed by atoms with Crippen molar-refractivity contribution in [2.75, 3.05) is 20.6 Å². The minimum absolute atomic E-state index is 0.173. The Morgan fingerprint density at radius 2 is 2.00 bits per heavy atom. The Labute approximate surface area is 114 Å². The Hall–Kier alpha value is -0.640. The lowest BCUT2D eigenvalue weighted by Crippen LogP contribution is -2.41. The van der Waals surface area contributed by atoms with Crippen LogP contribution in [0.5, 0.6) is 0 Å². The third-order valence-corrected chi connectivity index (χ3v) is 3.41. The van der Waals surface area contributed by atoms with Crippen molar-refractivity contribution < 1.29 is 4.39 Å². The van der Waals surface area contributed by atoms with Gasteiger partial charge in [0.05, 0.1) is 5.02 Å². The highest BCUT2D eigenvalue weighted by Crippen LogP contribution is 2.15. The summed E-state index contributed by atoms with van der Waals surface area (Å²) < 4.78 is 13.3. The molecule has 1 rings (SSSR count). The molecule has 1 unspecified atom stereocenters. The van der Waals surface area contributed by atoms with Crippen molar-refractivity contribution in [3.8, 4) is 0 Å². The Balaban J connectivity index is 2.47. The average molecular weight is 273 g/mol. The molecule has 0 fully saturated rings. The highest BCUT2D eigenvalue weighted by molar-refractivity contribution is 6.30. The minimum atomic E-state index is -0.357. The highest BCUT2D eigenvalue weighted by Gasteiger charge is 2.14. The van der Waals surface area contributed by atoms with Gasteiger partial charge in [0.15, 0.2) is 0 Å². The van der Waals surface area contributed by atoms with E-state index in [2.05, 4.69) is 38.2 Å². The fourth-order valence-electron chi connectivity index (χ4n) is 2.03. The Kier molecular flexibility index (Phi) is 6.06. The number of nitrogens with zero attached hydrogens (tertiary/aromatic N) is 1. The van der Waals surface area contributed by atoms with E-state index in [-0.39, 0.29) is 10.8 Å². The lowest BCUT2D eigenvalue weighted by molar-refractivity contribution is 0.224. The summed E-state index contributed by atoms with van der Waals surface area (Å²) >= 11 is 5.65. The molecule has 1 aromatic rings. The SMILES string of the molecule is CC(C)C(CNCc1ccc(Cl)c(F)c1)N(C)C. The van der Waals surface area contributed by atoms with Crippen LogP contribution in [-0.2, 0) is 6.54 Å². The van der Waals surface area contributed by atoms with Crippen molar-refractivity contribution in [2.24, 2.45) is 5.92 Å². The van der Waals surface area contributed by atoms with Gasteiger partial charge in [0, 0.05) is 19.1 Å². The van der Waals surface area contributed by atoms with Gasteiger partial charge in [-0.3, -0.25) is 0 Å². The quantitative estimate of drug-likeness (QED) is 0.856. The summed E-state index contributed by atoms with van der Waals surface area (Å²) in [4.78, 5) is 2.21. The monoisotopic (exact) mass is 272 g/mol. The van der Waals surface area contributed by atoms with Gasteiger partial charge in [-0.05, 0) is 37.7 Å². The maximum Gasteiger partial charge on any atom is 0.142 e. The van der Waals surface area contributed by atoms with Crippen LogP contribution in [0.2, 0.25) is 5.02 Å². The standard InChI is InChI=1S/C14H22ClFN2/c1-10(2)14(18(3)4)9-17-8-11-5-6-12(15)13(16)7-11/h5-7,10,14,17H,8-9H2,1-4H3. The molecule has 1 atom stereocenters. The molecule has 0 aromatic heterocycles. The van der Waals surface area contributed by atoms with Crippen LogP contribution in [0.25, 0.3) is 0 Å². The fourth-order valence-corrected chi connectivity index (χ4v) is 2.15. The molecule has 0 aliphatic rings. The van der Waals surface area contributed by atoms with Gasteiger partial charge in [0.25, 0.3) is 0 Å². The summed E-state index contributed by atoms with van der Waals surface area (Å²) in [6, 6.07) is 5.40. The number of nitrogens with one attached hydrogen (secondary N) is 1. The number of benzene rings is 1. The first kappa shape index (κ1) is 15.4. The molecule has 2 nitrogen and oxygen atoms in total. The van der Waals surface area contributed by atoms with Gasteiger partial charge in [-0.1, -0.05) is 31.5 Å². The van der Waals surface area contributed by atoms with Gasteiger partial charge in [0.2, 0.25) is 0 Å². The predicted octanol–water partition coefficient (Wildman–Crippen LogP) is 3.15. The van der Waals surface area contributed by atoms with Crippen molar-refractivity contribution in [1.29, 1.82) is 0 Å². The number of halogens is 2. The summed E-state index contributed by atoms with van der Waals surface area (Å²) in [5.74, 6) is 0.221. The smallest absolute Gasteiger partial charge is 0.142 e. The summed E-state index contributed by atoms with van der Waals surface area (Å²) in [6.45, 7) is 5.95. The molecular weight excluding hydrogens is 251 g/mol. The molecule has 1 N–H and O–H groups in total. The van der Waals surface area contributed by atoms with E-state index in [1.165, 1.54) is 6.07 Å². The number of rotatable bonds is 6. The summed E-state index contributed by atoms with van der Waals surface area (Å²) in [7, 11) is 4.16. The molecule has 0 bridgehead atoms. The molecule has 0 spiro atoms. The van der Waals surface area contributed by atoms with Crippen LogP contribution < -0.4 is 5.32 Å². The van der Waals surface area contributed by atoms with E-state index in [1.807, 2.05) is 6.07 Å². The maximum atomic E-state index is 13.3. The first-order valence-corrected chi connectivity index (χ1v) is 6.60. The van der Waals surface area contributed by atoms with Crippen LogP contribution in [0, 0.1) is 11.7 Å². The summed E-state index contributed by atoms with van der Waals surface area (Å²) in [5.41, 5.74) is 0.915. The molecule has 0 amide bonds. The maximum absolute atomic E-state index is 13.3. The van der Waals surface area contributed by atoms with E-state index in [9.17, 15) is 4.39 Å². The minimum Gasteiger partial charge on any atom is -0.311 e. The third kappa shape index (κ3) is 4.56. The van der Waals surface area contributed by atoms with Gasteiger partial charge in [-0.25, -0.2) is 4.39 Å². The Morgan fingerprint density at radius 3 is 2.50 bits per heavy atom. The molecule has 0 saturated heterocycles. The zero-order valence-corrected chi connectivity index (χ0v) is 12.3. The normalized spacial score (nSPS) is 13.3. The number of hydrogen-bond acceptors (Lipinski definition) is 2. The first-order valence-electron chi connectivity index (χ1n) is 6.23. The van der Waals surface area contributed by atoms with Crippen molar-refractivity contribution in [2.45, 2.75) is 26.4 Å². The van der Waals surface area contributed by atoms with Gasteiger partial charge in [-0.2, -0.15) is 0 Å². The van der Waals surface area contributed by atoms with Gasteiger partial charge in [-0.15, -0.1) is 0 Å². The highest BCUT2D eigenvalue weighted by atomic mass is 35.5. The molecule has 0 heterocycles. The first-order chi connectivity index (χ1) is 8.41. The van der Waals surface area contributed by atoms with Gasteiger partial charge in [0.1, 0.15) is 5.82 Å². The van der Waals surface area contributed by atoms with Crippen LogP contribution in [-0.4, -0.2) is 31.6 Å². The van der Waals surface area contributed by atoms with Crippen LogP contribution in [0.4, 0.5) is 4.39 Å². The van der Waals surface area contributed by atoms with Crippen molar-refractivity contribution >= 4 is 11.6 Å². The number of hydrogen-bond donors (Lipinski definition) is 1. The average Bonchev–Trinajstić information content (AvgIpc) is 2.28. The van der Waals surface area contributed by atoms with Crippen molar-refractivity contribution in [1.82, 2.24) is 10.2 Å². The molecule has 0 radical (unpaired) electrons. The largest absolute Gasteiger partial charge is 0.311 e. The van der Waals surface area contributed by atoms with E-state index >= 15 is 0 Å². The predicted molar refractivity (Wildman–Crippen MR) is 75.4 cm³/mol. The van der Waals surface area contributed by atoms with E-state index in [0.29, 0.717) is 18.5 Å². The molecule has 1 aromatic carbocycles. The lowest BCUT2D eigenvalue weighted by Gasteiger charge is -2.28. The Morgan fingerprint density at radius 1 is 1.33 bits per heavy atom. The topological polar surface area (TPSA) is 15.3 Å². The van der Waals surface area contributed by atoms with Crippen molar-refractivity contribution in [3.63, 3.8) is 0 Å². The zero-order valence-electron chi connectivity index (χ0n) is 11.5. The van der Waals surface area contributed by atoms with E-state index in [1.54, 1.807) is 6.07 Å². The molecule has 0 aliphatic heterocycles. The zero-order chi connectivity index (χ0) is 13.7. The third-order valence-electron chi connectivity index (χ3n) is 3.10. The summed E-state index contributed by atoms with van der Waals surface area (Å²) in [6.07, 6.45) is 0. The second-order valence-electron chi connectivity index (χ2n) is 5.15. The van der Waals surface area contributed by atoms with Crippen LogP contribution in [0.3, 0.4) is 0 Å². The van der Waals surface area contributed by atoms with E-state index < -0.39 is 0 Å². The van der Waals surface area contributed by atoms with Crippen LogP contribution in [0.1, 0.15) is 19.4 Å². The van der Waals surface area contributed by atoms with Crippen LogP contribution >= 0.6 is 11.6 Å². The second kappa shape index (κ2) is 7.07. The second-order valence-corrected chi connectivity index (χ2v) is 5.56. The molecule has 0 aliphatic carbocycles. The molecular formula is C14H22ClFN2. The number of likely N-dealkylation sites (N-methyl/N-ethyl adjacent to an activating group) is 1. The van der Waals surface area contributed by atoms with Gasteiger partial charge < -0.3 is 10.2 Å². The molecule has 4 heteroatoms. The van der Waals surface area contributed by atoms with E-state index in [4.69, 9.17) is 11.6 Å². The fraction of sp³-hybridized carbons (Fsp3) is 0.571. The Bertz CT molecular complexity index is 372. The van der Waals surface area contributed by atoms with Crippen molar-refractivity contribution in [3.05, 3.63) is 34.6 Å². The molecule has 18 heavy (non-hydrogen) atoms.